The zero-order valence-electron chi connectivity index (χ0n) is 14.2. The molecule has 0 radical (unpaired) electrons. The highest BCUT2D eigenvalue weighted by Crippen LogP contribution is 2.59. The molecule has 4 bridgehead atoms. The van der Waals surface area contributed by atoms with Gasteiger partial charge in [0, 0.05) is 24.7 Å². The topological polar surface area (TPSA) is 61.4 Å². The number of hydroxylamine groups is 1. The predicted octanol–water partition coefficient (Wildman–Crippen LogP) is 3.39. The number of carbonyl (C=O) groups is 1. The summed E-state index contributed by atoms with van der Waals surface area (Å²) < 4.78 is 27.6. The minimum absolute atomic E-state index is 0.0951. The minimum atomic E-state index is -0.898. The number of nitrogens with one attached hydrogen (secondary N) is 2. The van der Waals surface area contributed by atoms with E-state index in [1.165, 1.54) is 44.0 Å². The summed E-state index contributed by atoms with van der Waals surface area (Å²) in [4.78, 5) is 11.7. The molecule has 1 amide bonds. The average molecular weight is 350 g/mol. The molecule has 0 aromatic heterocycles. The van der Waals surface area contributed by atoms with E-state index in [4.69, 9.17) is 5.21 Å². The van der Waals surface area contributed by atoms with Crippen molar-refractivity contribution in [2.75, 3.05) is 6.54 Å². The van der Waals surface area contributed by atoms with Gasteiger partial charge in [0.1, 0.15) is 11.6 Å². The molecule has 0 heterocycles. The molecule has 3 N–H and O–H groups in total. The first-order valence-electron chi connectivity index (χ1n) is 9.11. The molecule has 4 aliphatic rings. The van der Waals surface area contributed by atoms with Gasteiger partial charge in [0.05, 0.1) is 5.56 Å². The van der Waals surface area contributed by atoms with Crippen molar-refractivity contribution in [3.05, 3.63) is 34.9 Å². The molecule has 4 aliphatic carbocycles. The van der Waals surface area contributed by atoms with Crippen molar-refractivity contribution in [1.29, 1.82) is 0 Å². The van der Waals surface area contributed by atoms with E-state index in [1.807, 2.05) is 0 Å². The molecule has 4 nitrogen and oxygen atoms in total. The first kappa shape index (κ1) is 16.9. The molecule has 1 aromatic carbocycles. The largest absolute Gasteiger partial charge is 0.312 e. The lowest BCUT2D eigenvalue weighted by atomic mass is 9.49. The van der Waals surface area contributed by atoms with Crippen LogP contribution in [0.15, 0.2) is 12.1 Å². The van der Waals surface area contributed by atoms with Gasteiger partial charge in [-0.05, 0) is 67.8 Å². The third kappa shape index (κ3) is 3.17. The number of benzene rings is 1. The van der Waals surface area contributed by atoms with Crippen molar-refractivity contribution in [3.8, 4) is 0 Å². The molecule has 4 saturated carbocycles. The standard InChI is InChI=1S/C19H24F2N2O2/c20-14-4-15(18(24)23-25)16(17(21)5-14)9-22-10-19-6-11-1-12(7-19)3-13(2-11)8-19/h4-5,11-13,22,25H,1-3,6-10H2,(H,23,24). The van der Waals surface area contributed by atoms with E-state index in [0.29, 0.717) is 5.41 Å². The van der Waals surface area contributed by atoms with Gasteiger partial charge in [-0.15, -0.1) is 0 Å². The number of rotatable bonds is 5. The summed E-state index contributed by atoms with van der Waals surface area (Å²) in [6.45, 7) is 0.949. The zero-order valence-corrected chi connectivity index (χ0v) is 14.2. The lowest BCUT2D eigenvalue weighted by molar-refractivity contribution is -0.0514. The molecule has 136 valence electrons. The molecule has 25 heavy (non-hydrogen) atoms. The first-order chi connectivity index (χ1) is 12.0. The van der Waals surface area contributed by atoms with Crippen LogP contribution in [0, 0.1) is 34.8 Å². The van der Waals surface area contributed by atoms with Crippen molar-refractivity contribution in [2.24, 2.45) is 23.2 Å². The molecule has 0 atom stereocenters. The molecule has 5 rings (SSSR count). The lowest BCUT2D eigenvalue weighted by Gasteiger charge is -2.57. The van der Waals surface area contributed by atoms with Crippen LogP contribution in [0.5, 0.6) is 0 Å². The third-order valence-electron chi connectivity index (χ3n) is 6.47. The van der Waals surface area contributed by atoms with Crippen LogP contribution in [-0.2, 0) is 6.54 Å². The van der Waals surface area contributed by atoms with Crippen LogP contribution < -0.4 is 10.8 Å². The van der Waals surface area contributed by atoms with Crippen LogP contribution in [0.25, 0.3) is 0 Å². The Labute approximate surface area is 145 Å². The van der Waals surface area contributed by atoms with Crippen molar-refractivity contribution in [1.82, 2.24) is 10.8 Å². The fourth-order valence-electron chi connectivity index (χ4n) is 6.01. The van der Waals surface area contributed by atoms with Crippen LogP contribution in [0.4, 0.5) is 8.78 Å². The number of halogens is 2. The Morgan fingerprint density at radius 2 is 1.72 bits per heavy atom. The lowest BCUT2D eigenvalue weighted by Crippen LogP contribution is -2.50. The Kier molecular flexibility index (Phi) is 4.28. The third-order valence-corrected chi connectivity index (χ3v) is 6.47. The highest BCUT2D eigenvalue weighted by Gasteiger charge is 2.50. The predicted molar refractivity (Wildman–Crippen MR) is 87.9 cm³/mol. The Hall–Kier alpha value is -1.53. The summed E-state index contributed by atoms with van der Waals surface area (Å²) in [5.41, 5.74) is 1.68. The molecule has 0 saturated heterocycles. The summed E-state index contributed by atoms with van der Waals surface area (Å²) >= 11 is 0. The molecule has 0 unspecified atom stereocenters. The van der Waals surface area contributed by atoms with E-state index < -0.39 is 17.5 Å². The van der Waals surface area contributed by atoms with Crippen LogP contribution in [0.2, 0.25) is 0 Å². The van der Waals surface area contributed by atoms with Gasteiger partial charge < -0.3 is 5.32 Å². The van der Waals surface area contributed by atoms with Gasteiger partial charge in [0.25, 0.3) is 5.91 Å². The van der Waals surface area contributed by atoms with Gasteiger partial charge in [-0.25, -0.2) is 14.3 Å². The minimum Gasteiger partial charge on any atom is -0.312 e. The van der Waals surface area contributed by atoms with E-state index in [9.17, 15) is 13.6 Å². The first-order valence-corrected chi connectivity index (χ1v) is 9.11. The van der Waals surface area contributed by atoms with Crippen molar-refractivity contribution in [2.45, 2.75) is 45.1 Å². The Morgan fingerprint density at radius 1 is 1.12 bits per heavy atom. The SMILES string of the molecule is O=C(NO)c1cc(F)cc(F)c1CNCC12CC3CC(CC(C3)C1)C2. The molecule has 6 heteroatoms. The maximum atomic E-state index is 14.2. The van der Waals surface area contributed by atoms with E-state index in [0.717, 1.165) is 36.4 Å². The summed E-state index contributed by atoms with van der Waals surface area (Å²) in [7, 11) is 0. The quantitative estimate of drug-likeness (QED) is 0.563. The summed E-state index contributed by atoms with van der Waals surface area (Å²) in [5.74, 6) is 0.0200. The van der Waals surface area contributed by atoms with Crippen molar-refractivity contribution in [3.63, 3.8) is 0 Å². The van der Waals surface area contributed by atoms with E-state index in [1.54, 1.807) is 0 Å². The Balaban J connectivity index is 1.46. The van der Waals surface area contributed by atoms with Gasteiger partial charge >= 0.3 is 0 Å². The van der Waals surface area contributed by atoms with Crippen LogP contribution in [0.1, 0.15) is 54.4 Å². The molecule has 0 spiro atoms. The van der Waals surface area contributed by atoms with Gasteiger partial charge in [-0.1, -0.05) is 0 Å². The molecule has 1 aromatic rings. The molecule has 0 aliphatic heterocycles. The molecular weight excluding hydrogens is 326 g/mol. The summed E-state index contributed by atoms with van der Waals surface area (Å²) in [5, 5.41) is 12.1. The van der Waals surface area contributed by atoms with Crippen LogP contribution >= 0.6 is 0 Å². The Morgan fingerprint density at radius 3 is 2.28 bits per heavy atom. The fourth-order valence-corrected chi connectivity index (χ4v) is 6.01. The highest BCUT2D eigenvalue weighted by molar-refractivity contribution is 5.94. The zero-order chi connectivity index (χ0) is 17.6. The highest BCUT2D eigenvalue weighted by atomic mass is 19.1. The second-order valence-corrected chi connectivity index (χ2v) is 8.38. The molecule has 4 fully saturated rings. The second kappa shape index (κ2) is 6.32. The molecular formula is C19H24F2N2O2. The monoisotopic (exact) mass is 350 g/mol. The fraction of sp³-hybridized carbons (Fsp3) is 0.632. The van der Waals surface area contributed by atoms with Crippen molar-refractivity contribution < 1.29 is 18.8 Å². The number of carbonyl (C=O) groups excluding carboxylic acids is 1. The Bertz CT molecular complexity index is 657. The van der Waals surface area contributed by atoms with E-state index >= 15 is 0 Å². The summed E-state index contributed by atoms with van der Waals surface area (Å²) in [6.07, 6.45) is 7.82. The van der Waals surface area contributed by atoms with E-state index in [-0.39, 0.29) is 17.7 Å². The van der Waals surface area contributed by atoms with Crippen molar-refractivity contribution >= 4 is 5.91 Å². The van der Waals surface area contributed by atoms with Gasteiger partial charge in [-0.3, -0.25) is 10.0 Å². The van der Waals surface area contributed by atoms with Crippen LogP contribution in [-0.4, -0.2) is 17.7 Å². The summed E-state index contributed by atoms with van der Waals surface area (Å²) in [6, 6.07) is 1.73. The van der Waals surface area contributed by atoms with Crippen LogP contribution in [0.3, 0.4) is 0 Å². The maximum Gasteiger partial charge on any atom is 0.275 e. The second-order valence-electron chi connectivity index (χ2n) is 8.38. The maximum absolute atomic E-state index is 14.2. The number of hydrogen-bond acceptors (Lipinski definition) is 3. The number of amides is 1. The smallest absolute Gasteiger partial charge is 0.275 e. The van der Waals surface area contributed by atoms with Gasteiger partial charge in [0.15, 0.2) is 0 Å². The number of hydrogen-bond donors (Lipinski definition) is 3. The average Bonchev–Trinajstić information content (AvgIpc) is 2.54. The van der Waals surface area contributed by atoms with Gasteiger partial charge in [-0.2, -0.15) is 0 Å². The van der Waals surface area contributed by atoms with E-state index in [2.05, 4.69) is 5.32 Å². The normalized spacial score (nSPS) is 32.8. The van der Waals surface area contributed by atoms with Gasteiger partial charge in [0.2, 0.25) is 0 Å².